The highest BCUT2D eigenvalue weighted by Gasteiger charge is 2.16. The fourth-order valence-electron chi connectivity index (χ4n) is 2.92. The van der Waals surface area contributed by atoms with Crippen molar-refractivity contribution < 1.29 is 9.18 Å². The van der Waals surface area contributed by atoms with Crippen molar-refractivity contribution in [3.05, 3.63) is 35.6 Å². The van der Waals surface area contributed by atoms with Crippen molar-refractivity contribution in [2.75, 3.05) is 19.6 Å². The van der Waals surface area contributed by atoms with E-state index < -0.39 is 0 Å². The molecule has 1 heterocycles. The molecular weight excluding hydrogens is 267 g/mol. The van der Waals surface area contributed by atoms with Gasteiger partial charge in [-0.05, 0) is 55.8 Å². The minimum Gasteiger partial charge on any atom is -0.356 e. The second-order valence-electron chi connectivity index (χ2n) is 5.98. The van der Waals surface area contributed by atoms with E-state index in [4.69, 9.17) is 0 Å². The van der Waals surface area contributed by atoms with Gasteiger partial charge in [0.2, 0.25) is 5.91 Å². The van der Waals surface area contributed by atoms with Crippen LogP contribution in [0.1, 0.15) is 44.1 Å². The number of piperidine rings is 1. The first kappa shape index (κ1) is 16.0. The number of rotatable bonds is 6. The maximum atomic E-state index is 13.6. The van der Waals surface area contributed by atoms with Crippen molar-refractivity contribution in [2.45, 2.75) is 38.5 Å². The van der Waals surface area contributed by atoms with E-state index >= 15 is 0 Å². The molecule has 0 aliphatic carbocycles. The van der Waals surface area contributed by atoms with Gasteiger partial charge in [-0.1, -0.05) is 25.1 Å². The molecule has 1 fully saturated rings. The molecule has 2 atom stereocenters. The van der Waals surface area contributed by atoms with Crippen LogP contribution in [0, 0.1) is 11.7 Å². The number of benzene rings is 1. The summed E-state index contributed by atoms with van der Waals surface area (Å²) < 4.78 is 13.6. The zero-order valence-corrected chi connectivity index (χ0v) is 12.7. The Hall–Kier alpha value is -1.42. The fourth-order valence-corrected chi connectivity index (χ4v) is 2.92. The van der Waals surface area contributed by atoms with E-state index in [-0.39, 0.29) is 17.6 Å². The van der Waals surface area contributed by atoms with Crippen LogP contribution in [0.3, 0.4) is 0 Å². The molecule has 0 radical (unpaired) electrons. The molecule has 3 nitrogen and oxygen atoms in total. The molecule has 0 saturated carbocycles. The Morgan fingerprint density at radius 3 is 3.00 bits per heavy atom. The van der Waals surface area contributed by atoms with Gasteiger partial charge in [-0.15, -0.1) is 0 Å². The van der Waals surface area contributed by atoms with Crippen molar-refractivity contribution in [3.63, 3.8) is 0 Å². The van der Waals surface area contributed by atoms with E-state index in [9.17, 15) is 9.18 Å². The molecule has 1 aromatic carbocycles. The van der Waals surface area contributed by atoms with Gasteiger partial charge in [0.25, 0.3) is 0 Å². The topological polar surface area (TPSA) is 41.1 Å². The number of carbonyl (C=O) groups excluding carboxylic acids is 1. The van der Waals surface area contributed by atoms with Gasteiger partial charge in [0.1, 0.15) is 5.82 Å². The van der Waals surface area contributed by atoms with E-state index in [1.165, 1.54) is 18.9 Å². The van der Waals surface area contributed by atoms with E-state index in [0.717, 1.165) is 26.1 Å². The second-order valence-corrected chi connectivity index (χ2v) is 5.98. The summed E-state index contributed by atoms with van der Waals surface area (Å²) in [5, 5.41) is 6.34. The Morgan fingerprint density at radius 2 is 2.29 bits per heavy atom. The molecule has 1 saturated heterocycles. The zero-order chi connectivity index (χ0) is 15.1. The Morgan fingerprint density at radius 1 is 1.48 bits per heavy atom. The summed E-state index contributed by atoms with van der Waals surface area (Å²) in [4.78, 5) is 11.9. The Kier molecular flexibility index (Phi) is 6.18. The minimum atomic E-state index is -0.230. The van der Waals surface area contributed by atoms with Gasteiger partial charge in [-0.2, -0.15) is 0 Å². The van der Waals surface area contributed by atoms with Gasteiger partial charge in [-0.25, -0.2) is 4.39 Å². The lowest BCUT2D eigenvalue weighted by molar-refractivity contribution is -0.121. The molecule has 0 spiro atoms. The fraction of sp³-hybridized carbons (Fsp3) is 0.588. The maximum absolute atomic E-state index is 13.6. The Balaban J connectivity index is 1.70. The molecular formula is C17H25FN2O. The van der Waals surface area contributed by atoms with Crippen molar-refractivity contribution in [1.29, 1.82) is 0 Å². The van der Waals surface area contributed by atoms with Crippen LogP contribution in [0.25, 0.3) is 0 Å². The average molecular weight is 292 g/mol. The smallest absolute Gasteiger partial charge is 0.220 e. The van der Waals surface area contributed by atoms with Gasteiger partial charge >= 0.3 is 0 Å². The summed E-state index contributed by atoms with van der Waals surface area (Å²) in [5.41, 5.74) is 0.615. The predicted molar refractivity (Wildman–Crippen MR) is 82.7 cm³/mol. The summed E-state index contributed by atoms with van der Waals surface area (Å²) in [6.45, 7) is 4.78. The van der Waals surface area contributed by atoms with Crippen molar-refractivity contribution in [1.82, 2.24) is 10.6 Å². The van der Waals surface area contributed by atoms with Crippen molar-refractivity contribution in [2.24, 2.45) is 5.92 Å². The SMILES string of the molecule is CC(CC(=O)NCCC1CCCNC1)c1ccccc1F. The third-order valence-corrected chi connectivity index (χ3v) is 4.20. The lowest BCUT2D eigenvalue weighted by atomic mass is 9.95. The number of halogens is 1. The maximum Gasteiger partial charge on any atom is 0.220 e. The molecule has 21 heavy (non-hydrogen) atoms. The molecule has 0 aromatic heterocycles. The van der Waals surface area contributed by atoms with Gasteiger partial charge in [-0.3, -0.25) is 4.79 Å². The monoisotopic (exact) mass is 292 g/mol. The molecule has 0 bridgehead atoms. The quantitative estimate of drug-likeness (QED) is 0.846. The van der Waals surface area contributed by atoms with E-state index in [0.29, 0.717) is 17.9 Å². The second kappa shape index (κ2) is 8.13. The normalized spacial score (nSPS) is 20.0. The molecule has 2 rings (SSSR count). The highest BCUT2D eigenvalue weighted by Crippen LogP contribution is 2.21. The first-order valence-corrected chi connectivity index (χ1v) is 7.88. The number of hydrogen-bond acceptors (Lipinski definition) is 2. The van der Waals surface area contributed by atoms with Gasteiger partial charge in [0.05, 0.1) is 0 Å². The van der Waals surface area contributed by atoms with Crippen LogP contribution in [0.4, 0.5) is 4.39 Å². The summed E-state index contributed by atoms with van der Waals surface area (Å²) >= 11 is 0. The summed E-state index contributed by atoms with van der Waals surface area (Å²) in [7, 11) is 0. The molecule has 1 aliphatic heterocycles. The largest absolute Gasteiger partial charge is 0.356 e. The number of hydrogen-bond donors (Lipinski definition) is 2. The molecule has 2 N–H and O–H groups in total. The Labute approximate surface area is 126 Å². The lowest BCUT2D eigenvalue weighted by Crippen LogP contribution is -2.33. The lowest BCUT2D eigenvalue weighted by Gasteiger charge is -2.22. The van der Waals surface area contributed by atoms with Crippen LogP contribution < -0.4 is 10.6 Å². The van der Waals surface area contributed by atoms with E-state index in [2.05, 4.69) is 10.6 Å². The van der Waals surface area contributed by atoms with Crippen LogP contribution in [0.15, 0.2) is 24.3 Å². The molecule has 1 amide bonds. The molecule has 116 valence electrons. The van der Waals surface area contributed by atoms with E-state index in [1.54, 1.807) is 12.1 Å². The molecule has 1 aromatic rings. The third-order valence-electron chi connectivity index (χ3n) is 4.20. The van der Waals surface area contributed by atoms with Crippen molar-refractivity contribution in [3.8, 4) is 0 Å². The summed E-state index contributed by atoms with van der Waals surface area (Å²) in [6.07, 6.45) is 3.83. The standard InChI is InChI=1S/C17H25FN2O/c1-13(15-6-2-3-7-16(15)18)11-17(21)20-10-8-14-5-4-9-19-12-14/h2-3,6-7,13-14,19H,4-5,8-12H2,1H3,(H,20,21). The van der Waals surface area contributed by atoms with Crippen LogP contribution >= 0.6 is 0 Å². The molecule has 2 unspecified atom stereocenters. The molecule has 4 heteroatoms. The van der Waals surface area contributed by atoms with Gasteiger partial charge < -0.3 is 10.6 Å². The van der Waals surface area contributed by atoms with Gasteiger partial charge in [0, 0.05) is 13.0 Å². The summed E-state index contributed by atoms with van der Waals surface area (Å²) in [6, 6.07) is 6.67. The summed E-state index contributed by atoms with van der Waals surface area (Å²) in [5.74, 6) is 0.353. The first-order chi connectivity index (χ1) is 10.2. The predicted octanol–water partition coefficient (Wildman–Crippen LogP) is 2.83. The van der Waals surface area contributed by atoms with E-state index in [1.807, 2.05) is 13.0 Å². The highest BCUT2D eigenvalue weighted by atomic mass is 19.1. The van der Waals surface area contributed by atoms with Crippen molar-refractivity contribution >= 4 is 5.91 Å². The average Bonchev–Trinajstić information content (AvgIpc) is 2.48. The molecule has 1 aliphatic rings. The third kappa shape index (κ3) is 5.12. The van der Waals surface area contributed by atoms with Crippen LogP contribution in [0.2, 0.25) is 0 Å². The highest BCUT2D eigenvalue weighted by molar-refractivity contribution is 5.76. The number of nitrogens with one attached hydrogen (secondary N) is 2. The minimum absolute atomic E-state index is 0.00882. The van der Waals surface area contributed by atoms with Crippen LogP contribution in [-0.4, -0.2) is 25.5 Å². The van der Waals surface area contributed by atoms with Gasteiger partial charge in [0.15, 0.2) is 0 Å². The zero-order valence-electron chi connectivity index (χ0n) is 12.7. The van der Waals surface area contributed by atoms with Crippen LogP contribution in [-0.2, 0) is 4.79 Å². The Bertz CT molecular complexity index is 458. The number of carbonyl (C=O) groups is 1. The van der Waals surface area contributed by atoms with Crippen LogP contribution in [0.5, 0.6) is 0 Å². The number of amides is 1. The first-order valence-electron chi connectivity index (χ1n) is 7.88.